The van der Waals surface area contributed by atoms with E-state index in [4.69, 9.17) is 29.4 Å². The number of aromatic hydroxyl groups is 4. The van der Waals surface area contributed by atoms with E-state index >= 15 is 0 Å². The third kappa shape index (κ3) is 7.47. The molecule has 0 aliphatic carbocycles. The summed E-state index contributed by atoms with van der Waals surface area (Å²) in [6.07, 6.45) is 7.38. The molecule has 4 aromatic carbocycles. The molecular formula is C49H34MnN4O8. The molecule has 0 atom stereocenters. The van der Waals surface area contributed by atoms with Crippen molar-refractivity contribution < 1.29 is 56.6 Å². The fourth-order valence-electron chi connectivity index (χ4n) is 7.63. The number of methoxy groups -OCH3 is 1. The maximum Gasteiger partial charge on any atom is 2.00 e. The quantitative estimate of drug-likeness (QED) is 0.0646. The largest absolute Gasteiger partial charge is 2.00 e. The van der Waals surface area contributed by atoms with Crippen molar-refractivity contribution in [2.75, 3.05) is 7.11 Å². The van der Waals surface area contributed by atoms with Crippen molar-refractivity contribution in [3.05, 3.63) is 143 Å². The Morgan fingerprint density at radius 3 is 1.52 bits per heavy atom. The van der Waals surface area contributed by atoms with Crippen molar-refractivity contribution in [3.63, 3.8) is 0 Å². The van der Waals surface area contributed by atoms with Crippen LogP contribution in [0, 0.1) is 6.92 Å². The van der Waals surface area contributed by atoms with Gasteiger partial charge in [-0.05, 0) is 118 Å². The number of ether oxygens (including phenoxy) is 2. The Bertz CT molecular complexity index is 3200. The first-order chi connectivity index (χ1) is 29.6. The molecule has 9 rings (SSSR count). The number of benzene rings is 4. The summed E-state index contributed by atoms with van der Waals surface area (Å²) < 4.78 is 9.80. The summed E-state index contributed by atoms with van der Waals surface area (Å²) in [4.78, 5) is 44.1. The number of rotatable bonds is 8. The monoisotopic (exact) mass is 861 g/mol. The van der Waals surface area contributed by atoms with Crippen molar-refractivity contribution >= 4 is 58.8 Å². The minimum atomic E-state index is -0.700. The van der Waals surface area contributed by atoms with Crippen molar-refractivity contribution in [2.24, 2.45) is 0 Å². The van der Waals surface area contributed by atoms with Crippen LogP contribution in [0.3, 0.4) is 0 Å². The van der Waals surface area contributed by atoms with Gasteiger partial charge in [-0.1, -0.05) is 66.7 Å². The fraction of sp³-hybridized carbons (Fsp3) is 0.0612. The van der Waals surface area contributed by atoms with E-state index in [1.54, 1.807) is 48.5 Å². The van der Waals surface area contributed by atoms with Crippen LogP contribution in [0.25, 0.3) is 90.9 Å². The van der Waals surface area contributed by atoms with Crippen molar-refractivity contribution in [3.8, 4) is 67.5 Å². The molecule has 62 heavy (non-hydrogen) atoms. The zero-order valence-corrected chi connectivity index (χ0v) is 34.2. The predicted molar refractivity (Wildman–Crippen MR) is 232 cm³/mol. The first-order valence-electron chi connectivity index (χ1n) is 19.0. The normalized spacial score (nSPS) is 11.6. The molecule has 12 nitrogen and oxygen atoms in total. The second-order valence-corrected chi connectivity index (χ2v) is 14.4. The number of esters is 1. The fourth-order valence-corrected chi connectivity index (χ4v) is 7.63. The van der Waals surface area contributed by atoms with Crippen molar-refractivity contribution in [1.29, 1.82) is 0 Å². The van der Waals surface area contributed by atoms with E-state index in [0.29, 0.717) is 107 Å². The molecule has 3 aromatic heterocycles. The van der Waals surface area contributed by atoms with E-state index in [-0.39, 0.29) is 52.2 Å². The summed E-state index contributed by atoms with van der Waals surface area (Å²) in [5.41, 5.74) is 9.92. The second-order valence-electron chi connectivity index (χ2n) is 14.4. The summed E-state index contributed by atoms with van der Waals surface area (Å²) in [5.74, 6) is -0.945. The van der Waals surface area contributed by atoms with Crippen LogP contribution in [-0.4, -0.2) is 49.9 Å². The van der Waals surface area contributed by atoms with Gasteiger partial charge in [-0.3, -0.25) is 4.79 Å². The number of nitrogens with zero attached hydrogens (tertiary/aromatic N) is 4. The zero-order chi connectivity index (χ0) is 42.4. The number of aryl methyl sites for hydroxylation is 1. The number of carbonyl (C=O) groups excluding carboxylic acids is 2. The summed E-state index contributed by atoms with van der Waals surface area (Å²) in [7, 11) is 1.24. The van der Waals surface area contributed by atoms with E-state index < -0.39 is 5.97 Å². The molecule has 8 bridgehead atoms. The minimum Gasteiger partial charge on any atom is -0.657 e. The van der Waals surface area contributed by atoms with Gasteiger partial charge in [0.05, 0.1) is 29.9 Å². The number of fused-ring (bicyclic) bond motifs is 8. The van der Waals surface area contributed by atoms with Crippen LogP contribution in [0.1, 0.15) is 44.3 Å². The standard InChI is InChI=1S/C49H35N4O8.Mn/c1-26-6-7-28(21-42(26)56)46-36-14-12-34(50-36)45(27-4-3-5-32(55)20-27)35-13-15-38(51-35)47(29-8-9-31(24-61-25-54)43(57)22-29)39-17-19-41(53-39)48(40-18-16-37(46)52-40)30-10-11-33(44(58)23-30)49(59)60-2;/h3-23,25H,24H2,1-2H3,(H5-,50,51,52,53,55,56,57,58,59);/q-1;+2/p-1. The van der Waals surface area contributed by atoms with Crippen LogP contribution in [0.2, 0.25) is 0 Å². The third-order valence-corrected chi connectivity index (χ3v) is 10.6. The van der Waals surface area contributed by atoms with E-state index in [9.17, 15) is 30.0 Å². The summed E-state index contributed by atoms with van der Waals surface area (Å²) in [6.45, 7) is 2.00. The topological polar surface area (TPSA) is 188 Å². The Labute approximate surface area is 364 Å². The smallest absolute Gasteiger partial charge is 0.657 e. The SMILES string of the molecule is COC(=O)c1ccc(-c2c3nc(c(-c4ccc(C)c(O)c4)c4ccc([n-]4)c(-c4cccc(O)c4)c4nc(c(-c5ccc(COC=O)c(O)c5)c5ccc2[n-]5)C=C4)C=C3)cc1O.[Mn+2]. The molecule has 4 N–H and O–H groups in total. The molecule has 0 amide bonds. The first-order valence-corrected chi connectivity index (χ1v) is 19.0. The molecule has 2 aliphatic heterocycles. The average Bonchev–Trinajstić information content (AvgIpc) is 4.10. The number of phenols is 4. The van der Waals surface area contributed by atoms with Gasteiger partial charge in [0.25, 0.3) is 6.47 Å². The molecule has 0 saturated carbocycles. The molecular weight excluding hydrogens is 827 g/mol. The Hall–Kier alpha value is -7.86. The Morgan fingerprint density at radius 1 is 0.597 bits per heavy atom. The maximum absolute atomic E-state index is 12.5. The zero-order valence-electron chi connectivity index (χ0n) is 33.0. The van der Waals surface area contributed by atoms with Gasteiger partial charge >= 0.3 is 23.0 Å². The number of hydrogen-bond donors (Lipinski definition) is 4. The van der Waals surface area contributed by atoms with Gasteiger partial charge in [-0.2, -0.15) is 0 Å². The molecule has 0 fully saturated rings. The van der Waals surface area contributed by atoms with Crippen molar-refractivity contribution in [2.45, 2.75) is 13.5 Å². The molecule has 305 valence electrons. The molecule has 1 radical (unpaired) electrons. The molecule has 0 spiro atoms. The number of phenolic OH excluding ortho intramolecular Hbond substituents is 4. The molecule has 13 heteroatoms. The number of aromatic nitrogens is 4. The van der Waals surface area contributed by atoms with Gasteiger partial charge in [-0.15, -0.1) is 22.1 Å². The van der Waals surface area contributed by atoms with Gasteiger partial charge in [-0.25, -0.2) is 14.8 Å². The van der Waals surface area contributed by atoms with E-state index in [0.717, 1.165) is 0 Å². The summed E-state index contributed by atoms with van der Waals surface area (Å²) >= 11 is 0. The predicted octanol–water partition coefficient (Wildman–Crippen LogP) is 9.17. The first kappa shape index (κ1) is 40.9. The molecule has 2 aliphatic rings. The van der Waals surface area contributed by atoms with Crippen LogP contribution in [0.5, 0.6) is 23.0 Å². The Balaban J connectivity index is 0.00000529. The van der Waals surface area contributed by atoms with E-state index in [1.165, 1.54) is 19.2 Å². The second kappa shape index (κ2) is 16.7. The number of hydrogen-bond acceptors (Lipinski definition) is 10. The van der Waals surface area contributed by atoms with Crippen LogP contribution in [0.15, 0.2) is 103 Å². The number of carbonyl (C=O) groups is 2. The third-order valence-electron chi connectivity index (χ3n) is 10.6. The summed E-state index contributed by atoms with van der Waals surface area (Å²) in [6, 6.07) is 29.2. The van der Waals surface area contributed by atoms with E-state index in [1.807, 2.05) is 73.7 Å². The average molecular weight is 862 g/mol. The molecule has 0 unspecified atom stereocenters. The van der Waals surface area contributed by atoms with Crippen molar-refractivity contribution in [1.82, 2.24) is 19.9 Å². The van der Waals surface area contributed by atoms with Crippen LogP contribution < -0.4 is 9.97 Å². The van der Waals surface area contributed by atoms with Gasteiger partial charge < -0.3 is 39.9 Å². The molecule has 5 heterocycles. The van der Waals surface area contributed by atoms with Crippen LogP contribution in [0.4, 0.5) is 0 Å². The van der Waals surface area contributed by atoms with Gasteiger partial charge in [0.15, 0.2) is 0 Å². The minimum absolute atomic E-state index is 0. The summed E-state index contributed by atoms with van der Waals surface area (Å²) in [5, 5.41) is 43.8. The van der Waals surface area contributed by atoms with E-state index in [2.05, 4.69) is 0 Å². The molecule has 7 aromatic rings. The Kier molecular flexibility index (Phi) is 11.0. The Morgan fingerprint density at radius 2 is 1.06 bits per heavy atom. The van der Waals surface area contributed by atoms with Gasteiger partial charge in [0.2, 0.25) is 0 Å². The van der Waals surface area contributed by atoms with Gasteiger partial charge in [0.1, 0.15) is 35.2 Å². The maximum atomic E-state index is 12.5. The molecule has 0 saturated heterocycles. The van der Waals surface area contributed by atoms with Crippen LogP contribution >= 0.6 is 0 Å². The van der Waals surface area contributed by atoms with Crippen LogP contribution in [-0.2, 0) is 37.9 Å². The van der Waals surface area contributed by atoms with Gasteiger partial charge in [0, 0.05) is 5.56 Å².